The van der Waals surface area contributed by atoms with Gasteiger partial charge in [-0.1, -0.05) is 42.0 Å². The van der Waals surface area contributed by atoms with Gasteiger partial charge in [0.15, 0.2) is 0 Å². The smallest absolute Gasteiger partial charge is 0.327 e. The number of aliphatic hydroxyl groups excluding tert-OH is 1. The summed E-state index contributed by atoms with van der Waals surface area (Å²) in [5, 5.41) is 9.39. The second-order valence-corrected chi connectivity index (χ2v) is 8.99. The Morgan fingerprint density at radius 1 is 1.04 bits per heavy atom. The first-order chi connectivity index (χ1) is 12.5. The summed E-state index contributed by atoms with van der Waals surface area (Å²) < 4.78 is 32.4. The fraction of sp³-hybridized carbons (Fsp3) is 0.350. The number of benzene rings is 2. The van der Waals surface area contributed by atoms with Crippen LogP contribution >= 0.6 is 0 Å². The van der Waals surface area contributed by atoms with Gasteiger partial charge in [-0.3, -0.25) is 4.79 Å². The predicted octanol–water partition coefficient (Wildman–Crippen LogP) is 2.64. The number of nitrogens with one attached hydrogen (secondary N) is 1. The summed E-state index contributed by atoms with van der Waals surface area (Å²) in [5.41, 5.74) is 2.20. The maximum Gasteiger partial charge on any atom is 0.327 e. The van der Waals surface area contributed by atoms with Crippen LogP contribution in [0, 0.1) is 6.92 Å². The lowest BCUT2D eigenvalue weighted by Crippen LogP contribution is -2.46. The normalized spacial score (nSPS) is 13.2. The monoisotopic (exact) mass is 391 g/mol. The van der Waals surface area contributed by atoms with Crippen LogP contribution in [0.25, 0.3) is 11.1 Å². The number of hydrogen-bond acceptors (Lipinski definition) is 5. The Morgan fingerprint density at radius 3 is 1.96 bits per heavy atom. The minimum absolute atomic E-state index is 0.000343. The van der Waals surface area contributed by atoms with E-state index in [2.05, 4.69) is 4.72 Å². The molecule has 0 bridgehead atoms. The van der Waals surface area contributed by atoms with E-state index < -0.39 is 34.2 Å². The van der Waals surface area contributed by atoms with Crippen molar-refractivity contribution in [2.45, 2.75) is 44.2 Å². The molecule has 0 fully saturated rings. The summed E-state index contributed by atoms with van der Waals surface area (Å²) in [7, 11) is -3.99. The summed E-state index contributed by atoms with van der Waals surface area (Å²) in [4.78, 5) is 12.1. The van der Waals surface area contributed by atoms with Gasteiger partial charge in [-0.25, -0.2) is 8.42 Å². The lowest BCUT2D eigenvalue weighted by atomic mass is 10.0. The van der Waals surface area contributed by atoms with Crippen molar-refractivity contribution in [3.05, 3.63) is 54.1 Å². The molecule has 0 aliphatic rings. The van der Waals surface area contributed by atoms with E-state index >= 15 is 0 Å². The molecular weight excluding hydrogens is 366 g/mol. The van der Waals surface area contributed by atoms with Gasteiger partial charge in [0.2, 0.25) is 10.0 Å². The number of carbonyl (C=O) groups excluding carboxylic acids is 1. The summed E-state index contributed by atoms with van der Waals surface area (Å²) in [6.45, 7) is 6.29. The molecule has 0 aliphatic heterocycles. The number of ether oxygens (including phenoxy) is 1. The third-order valence-corrected chi connectivity index (χ3v) is 5.21. The van der Waals surface area contributed by atoms with Crippen molar-refractivity contribution in [3.63, 3.8) is 0 Å². The number of sulfonamides is 1. The second kappa shape index (κ2) is 8.21. The number of aryl methyl sites for hydroxylation is 1. The molecule has 0 heterocycles. The van der Waals surface area contributed by atoms with Gasteiger partial charge in [-0.05, 0) is 51.0 Å². The number of carbonyl (C=O) groups is 1. The summed E-state index contributed by atoms with van der Waals surface area (Å²) in [5.74, 6) is -0.829. The van der Waals surface area contributed by atoms with Crippen molar-refractivity contribution in [2.75, 3.05) is 6.61 Å². The summed E-state index contributed by atoms with van der Waals surface area (Å²) in [6, 6.07) is 12.8. The van der Waals surface area contributed by atoms with Crippen molar-refractivity contribution in [3.8, 4) is 11.1 Å². The third kappa shape index (κ3) is 5.89. The Hall–Kier alpha value is -2.22. The zero-order chi connectivity index (χ0) is 20.2. The van der Waals surface area contributed by atoms with Crippen LogP contribution in [0.3, 0.4) is 0 Å². The number of hydrogen-bond donors (Lipinski definition) is 2. The molecule has 0 unspecified atom stereocenters. The van der Waals surface area contributed by atoms with Gasteiger partial charge in [-0.2, -0.15) is 4.72 Å². The molecule has 2 aromatic carbocycles. The van der Waals surface area contributed by atoms with Gasteiger partial charge in [0.1, 0.15) is 11.6 Å². The fourth-order valence-electron chi connectivity index (χ4n) is 2.36. The first kappa shape index (κ1) is 21.1. The quantitative estimate of drug-likeness (QED) is 0.739. The van der Waals surface area contributed by atoms with Gasteiger partial charge >= 0.3 is 5.97 Å². The minimum atomic E-state index is -3.99. The molecular formula is C20H25NO5S. The lowest BCUT2D eigenvalue weighted by molar-refractivity contribution is -0.157. The van der Waals surface area contributed by atoms with Crippen molar-refractivity contribution in [2.24, 2.45) is 0 Å². The molecule has 6 nitrogen and oxygen atoms in total. The standard InChI is InChI=1S/C20H25NO5S/c1-14-5-7-15(8-6-14)16-9-11-17(12-10-16)27(24,25)21-18(13-22)19(23)26-20(2,3)4/h5-12,18,21-22H,13H2,1-4H3/t18-/m0/s1. The van der Waals surface area contributed by atoms with Gasteiger partial charge in [0.05, 0.1) is 11.5 Å². The SMILES string of the molecule is Cc1ccc(-c2ccc(S(=O)(=O)N[C@@H](CO)C(=O)OC(C)(C)C)cc2)cc1. The lowest BCUT2D eigenvalue weighted by Gasteiger charge is -2.23. The Morgan fingerprint density at radius 2 is 1.52 bits per heavy atom. The van der Waals surface area contributed by atoms with E-state index in [1.54, 1.807) is 32.9 Å². The predicted molar refractivity (Wildman–Crippen MR) is 104 cm³/mol. The second-order valence-electron chi connectivity index (χ2n) is 7.28. The molecule has 27 heavy (non-hydrogen) atoms. The molecule has 0 radical (unpaired) electrons. The fourth-order valence-corrected chi connectivity index (χ4v) is 3.54. The van der Waals surface area contributed by atoms with Gasteiger partial charge in [0.25, 0.3) is 0 Å². The van der Waals surface area contributed by atoms with Gasteiger partial charge in [-0.15, -0.1) is 0 Å². The number of rotatable bonds is 6. The Labute approximate surface area is 160 Å². The number of aliphatic hydroxyl groups is 1. The Bertz CT molecular complexity index is 881. The van der Waals surface area contributed by atoms with Crippen molar-refractivity contribution < 1.29 is 23.1 Å². The highest BCUT2D eigenvalue weighted by molar-refractivity contribution is 7.89. The van der Waals surface area contributed by atoms with Crippen molar-refractivity contribution in [1.82, 2.24) is 4.72 Å². The van der Waals surface area contributed by atoms with Crippen molar-refractivity contribution >= 4 is 16.0 Å². The average Bonchev–Trinajstić information content (AvgIpc) is 2.59. The molecule has 0 aromatic heterocycles. The van der Waals surface area contributed by atoms with E-state index in [0.717, 1.165) is 16.7 Å². The first-order valence-corrected chi connectivity index (χ1v) is 10.0. The van der Waals surface area contributed by atoms with E-state index in [4.69, 9.17) is 4.74 Å². The summed E-state index contributed by atoms with van der Waals surface area (Å²) in [6.07, 6.45) is 0. The van der Waals surface area contributed by atoms with Gasteiger partial charge in [0, 0.05) is 0 Å². The minimum Gasteiger partial charge on any atom is -0.459 e. The van der Waals surface area contributed by atoms with Crippen molar-refractivity contribution in [1.29, 1.82) is 0 Å². The first-order valence-electron chi connectivity index (χ1n) is 8.55. The molecule has 7 heteroatoms. The van der Waals surface area contributed by atoms with E-state index in [1.807, 2.05) is 31.2 Å². The molecule has 146 valence electrons. The zero-order valence-corrected chi connectivity index (χ0v) is 16.7. The maximum atomic E-state index is 12.5. The number of esters is 1. The molecule has 2 aromatic rings. The Balaban J connectivity index is 2.18. The molecule has 2 rings (SSSR count). The largest absolute Gasteiger partial charge is 0.459 e. The molecule has 0 saturated heterocycles. The van der Waals surface area contributed by atoms with E-state index in [1.165, 1.54) is 12.1 Å². The van der Waals surface area contributed by atoms with Crippen LogP contribution in [0.1, 0.15) is 26.3 Å². The van der Waals surface area contributed by atoms with Crippen LogP contribution in [-0.2, 0) is 19.6 Å². The molecule has 0 amide bonds. The van der Waals surface area contributed by atoms with Crippen LogP contribution in [-0.4, -0.2) is 37.7 Å². The highest BCUT2D eigenvalue weighted by Crippen LogP contribution is 2.22. The van der Waals surface area contributed by atoms with E-state index in [9.17, 15) is 18.3 Å². The molecule has 1 atom stereocenters. The highest BCUT2D eigenvalue weighted by Gasteiger charge is 2.29. The third-order valence-electron chi connectivity index (χ3n) is 3.72. The maximum absolute atomic E-state index is 12.5. The van der Waals surface area contributed by atoms with Crippen LogP contribution in [0.5, 0.6) is 0 Å². The molecule has 0 aliphatic carbocycles. The molecule has 0 saturated carbocycles. The Kier molecular flexibility index (Phi) is 6.41. The van der Waals surface area contributed by atoms with Crippen LogP contribution in [0.4, 0.5) is 0 Å². The van der Waals surface area contributed by atoms with Crippen LogP contribution in [0.15, 0.2) is 53.4 Å². The topological polar surface area (TPSA) is 92.7 Å². The highest BCUT2D eigenvalue weighted by atomic mass is 32.2. The van der Waals surface area contributed by atoms with Crippen LogP contribution in [0.2, 0.25) is 0 Å². The average molecular weight is 391 g/mol. The molecule has 0 spiro atoms. The zero-order valence-electron chi connectivity index (χ0n) is 15.9. The van der Waals surface area contributed by atoms with E-state index in [-0.39, 0.29) is 4.90 Å². The van der Waals surface area contributed by atoms with Gasteiger partial charge < -0.3 is 9.84 Å². The van der Waals surface area contributed by atoms with E-state index in [0.29, 0.717) is 0 Å². The van der Waals surface area contributed by atoms with Crippen LogP contribution < -0.4 is 4.72 Å². The summed E-state index contributed by atoms with van der Waals surface area (Å²) >= 11 is 0. The molecule has 2 N–H and O–H groups in total.